The standard InChI is InChI=1S/C23H23FN4O2/c1-15-9-10-16(12-20(15)27-23(30)18-6-2-3-7-19(18)24)22(29)25-13-17-14-28-11-5-4-8-21(28)26-17/h2-3,6-7,9-10,12,14H,4-5,8,11,13H2,1H3,(H,25,29)(H,27,30). The lowest BCUT2D eigenvalue weighted by Crippen LogP contribution is -2.23. The molecule has 1 aromatic heterocycles. The first kappa shape index (κ1) is 19.8. The van der Waals surface area contributed by atoms with Gasteiger partial charge < -0.3 is 15.2 Å². The molecule has 1 aliphatic heterocycles. The van der Waals surface area contributed by atoms with Crippen molar-refractivity contribution in [1.29, 1.82) is 0 Å². The molecule has 0 saturated carbocycles. The van der Waals surface area contributed by atoms with Gasteiger partial charge in [0, 0.05) is 30.4 Å². The molecule has 30 heavy (non-hydrogen) atoms. The number of hydrogen-bond donors (Lipinski definition) is 2. The fourth-order valence-corrected chi connectivity index (χ4v) is 3.56. The molecule has 0 bridgehead atoms. The number of benzene rings is 2. The highest BCUT2D eigenvalue weighted by molar-refractivity contribution is 6.05. The van der Waals surface area contributed by atoms with Crippen LogP contribution in [0.5, 0.6) is 0 Å². The SMILES string of the molecule is Cc1ccc(C(=O)NCc2cn3c(n2)CCCC3)cc1NC(=O)c1ccccc1F. The van der Waals surface area contributed by atoms with Gasteiger partial charge in [0.15, 0.2) is 0 Å². The van der Waals surface area contributed by atoms with Crippen LogP contribution >= 0.6 is 0 Å². The number of amides is 2. The molecule has 2 N–H and O–H groups in total. The number of aromatic nitrogens is 2. The highest BCUT2D eigenvalue weighted by Crippen LogP contribution is 2.19. The number of nitrogens with one attached hydrogen (secondary N) is 2. The highest BCUT2D eigenvalue weighted by Gasteiger charge is 2.15. The summed E-state index contributed by atoms with van der Waals surface area (Å²) in [4.78, 5) is 29.6. The Bertz CT molecular complexity index is 1080. The molecule has 0 aliphatic carbocycles. The van der Waals surface area contributed by atoms with Gasteiger partial charge in [0.05, 0.1) is 17.8 Å². The van der Waals surface area contributed by atoms with Crippen molar-refractivity contribution in [2.75, 3.05) is 5.32 Å². The van der Waals surface area contributed by atoms with Crippen LogP contribution in [0.3, 0.4) is 0 Å². The third-order valence-electron chi connectivity index (χ3n) is 5.25. The summed E-state index contributed by atoms with van der Waals surface area (Å²) in [5.74, 6) is -0.344. The number of nitrogens with zero attached hydrogens (tertiary/aromatic N) is 2. The number of carbonyl (C=O) groups is 2. The van der Waals surface area contributed by atoms with Crippen LogP contribution in [0.1, 0.15) is 50.6 Å². The topological polar surface area (TPSA) is 76.0 Å². The van der Waals surface area contributed by atoms with E-state index in [9.17, 15) is 14.0 Å². The summed E-state index contributed by atoms with van der Waals surface area (Å²) in [5.41, 5.74) is 2.44. The van der Waals surface area contributed by atoms with Crippen molar-refractivity contribution >= 4 is 17.5 Å². The molecular formula is C23H23FN4O2. The number of carbonyl (C=O) groups excluding carboxylic acids is 2. The average molecular weight is 406 g/mol. The average Bonchev–Trinajstić information content (AvgIpc) is 3.17. The van der Waals surface area contributed by atoms with Crippen molar-refractivity contribution in [1.82, 2.24) is 14.9 Å². The molecule has 0 spiro atoms. The number of fused-ring (bicyclic) bond motifs is 1. The minimum absolute atomic E-state index is 0.0458. The van der Waals surface area contributed by atoms with Crippen molar-refractivity contribution in [3.8, 4) is 0 Å². The van der Waals surface area contributed by atoms with Gasteiger partial charge >= 0.3 is 0 Å². The van der Waals surface area contributed by atoms with E-state index in [1.807, 2.05) is 13.1 Å². The van der Waals surface area contributed by atoms with E-state index in [-0.39, 0.29) is 11.5 Å². The zero-order chi connectivity index (χ0) is 21.1. The largest absolute Gasteiger partial charge is 0.346 e. The van der Waals surface area contributed by atoms with Crippen molar-refractivity contribution in [3.63, 3.8) is 0 Å². The van der Waals surface area contributed by atoms with Crippen LogP contribution < -0.4 is 10.6 Å². The molecule has 0 fully saturated rings. The molecule has 7 heteroatoms. The van der Waals surface area contributed by atoms with E-state index in [2.05, 4.69) is 20.2 Å². The predicted octanol–water partition coefficient (Wildman–Crippen LogP) is 3.85. The van der Waals surface area contributed by atoms with Gasteiger partial charge in [-0.2, -0.15) is 0 Å². The van der Waals surface area contributed by atoms with Gasteiger partial charge in [-0.1, -0.05) is 18.2 Å². The van der Waals surface area contributed by atoms with Gasteiger partial charge in [-0.3, -0.25) is 9.59 Å². The third kappa shape index (κ3) is 4.25. The van der Waals surface area contributed by atoms with Crippen LogP contribution in [0.4, 0.5) is 10.1 Å². The monoisotopic (exact) mass is 406 g/mol. The molecule has 0 radical (unpaired) electrons. The van der Waals surface area contributed by atoms with Crippen LogP contribution in [-0.4, -0.2) is 21.4 Å². The summed E-state index contributed by atoms with van der Waals surface area (Å²) >= 11 is 0. The zero-order valence-electron chi connectivity index (χ0n) is 16.7. The molecule has 0 unspecified atom stereocenters. The summed E-state index contributed by atoms with van der Waals surface area (Å²) in [6, 6.07) is 10.8. The number of rotatable bonds is 5. The quantitative estimate of drug-likeness (QED) is 0.676. The normalized spacial score (nSPS) is 12.9. The van der Waals surface area contributed by atoms with Gasteiger partial charge in [-0.15, -0.1) is 0 Å². The Morgan fingerprint density at radius 2 is 1.97 bits per heavy atom. The maximum absolute atomic E-state index is 13.9. The van der Waals surface area contributed by atoms with Crippen molar-refractivity contribution in [3.05, 3.63) is 82.7 Å². The summed E-state index contributed by atoms with van der Waals surface area (Å²) in [6.45, 7) is 3.12. The van der Waals surface area contributed by atoms with E-state index in [0.717, 1.165) is 42.9 Å². The zero-order valence-corrected chi connectivity index (χ0v) is 16.7. The van der Waals surface area contributed by atoms with Gasteiger partial charge in [0.25, 0.3) is 11.8 Å². The first-order valence-electron chi connectivity index (χ1n) is 10.0. The highest BCUT2D eigenvalue weighted by atomic mass is 19.1. The second-order valence-corrected chi connectivity index (χ2v) is 7.45. The number of anilines is 1. The molecule has 2 amide bonds. The van der Waals surface area contributed by atoms with Gasteiger partial charge in [-0.25, -0.2) is 9.37 Å². The molecule has 2 aromatic carbocycles. The predicted molar refractivity (Wildman–Crippen MR) is 112 cm³/mol. The molecule has 3 aromatic rings. The number of imidazole rings is 1. The molecule has 6 nitrogen and oxygen atoms in total. The Balaban J connectivity index is 1.44. The van der Waals surface area contributed by atoms with Crippen LogP contribution in [0.15, 0.2) is 48.7 Å². The Kier molecular flexibility index (Phi) is 5.61. The smallest absolute Gasteiger partial charge is 0.258 e. The summed E-state index contributed by atoms with van der Waals surface area (Å²) in [5, 5.41) is 5.57. The Morgan fingerprint density at radius 1 is 1.13 bits per heavy atom. The second-order valence-electron chi connectivity index (χ2n) is 7.45. The Hall–Kier alpha value is -3.48. The lowest BCUT2D eigenvalue weighted by molar-refractivity contribution is 0.0949. The Labute approximate surface area is 174 Å². The first-order valence-corrected chi connectivity index (χ1v) is 10.0. The first-order chi connectivity index (χ1) is 14.5. The van der Waals surface area contributed by atoms with E-state index in [1.165, 1.54) is 18.2 Å². The summed E-state index contributed by atoms with van der Waals surface area (Å²) < 4.78 is 16.0. The molecule has 0 saturated heterocycles. The minimum atomic E-state index is -0.593. The minimum Gasteiger partial charge on any atom is -0.346 e. The fraction of sp³-hybridized carbons (Fsp3) is 0.261. The van der Waals surface area contributed by atoms with Crippen LogP contribution in [0.25, 0.3) is 0 Å². The van der Waals surface area contributed by atoms with Gasteiger partial charge in [-0.05, 0) is 49.6 Å². The van der Waals surface area contributed by atoms with E-state index in [4.69, 9.17) is 0 Å². The van der Waals surface area contributed by atoms with E-state index in [1.54, 1.807) is 24.3 Å². The number of hydrogen-bond acceptors (Lipinski definition) is 3. The number of halogens is 1. The van der Waals surface area contributed by atoms with Crippen LogP contribution in [0.2, 0.25) is 0 Å². The van der Waals surface area contributed by atoms with Crippen molar-refractivity contribution in [2.24, 2.45) is 0 Å². The van der Waals surface area contributed by atoms with E-state index in [0.29, 0.717) is 17.8 Å². The summed E-state index contributed by atoms with van der Waals surface area (Å²) in [7, 11) is 0. The van der Waals surface area contributed by atoms with E-state index >= 15 is 0 Å². The van der Waals surface area contributed by atoms with Crippen LogP contribution in [0, 0.1) is 12.7 Å². The third-order valence-corrected chi connectivity index (χ3v) is 5.25. The molecular weight excluding hydrogens is 383 g/mol. The van der Waals surface area contributed by atoms with E-state index < -0.39 is 11.7 Å². The second kappa shape index (κ2) is 8.49. The lowest BCUT2D eigenvalue weighted by Gasteiger charge is -2.11. The van der Waals surface area contributed by atoms with Gasteiger partial charge in [0.2, 0.25) is 0 Å². The Morgan fingerprint density at radius 3 is 2.77 bits per heavy atom. The van der Waals surface area contributed by atoms with Crippen molar-refractivity contribution in [2.45, 2.75) is 39.3 Å². The van der Waals surface area contributed by atoms with Crippen LogP contribution in [-0.2, 0) is 19.5 Å². The summed E-state index contributed by atoms with van der Waals surface area (Å²) in [6.07, 6.45) is 5.26. The number of aryl methyl sites for hydroxylation is 3. The fourth-order valence-electron chi connectivity index (χ4n) is 3.56. The molecule has 4 rings (SSSR count). The maximum Gasteiger partial charge on any atom is 0.258 e. The molecule has 154 valence electrons. The van der Waals surface area contributed by atoms with Gasteiger partial charge in [0.1, 0.15) is 11.6 Å². The lowest BCUT2D eigenvalue weighted by atomic mass is 10.1. The maximum atomic E-state index is 13.9. The molecule has 1 aliphatic rings. The van der Waals surface area contributed by atoms with Crippen molar-refractivity contribution < 1.29 is 14.0 Å². The molecule has 0 atom stereocenters. The molecule has 2 heterocycles.